The lowest BCUT2D eigenvalue weighted by molar-refractivity contribution is -0.123. The summed E-state index contributed by atoms with van der Waals surface area (Å²) >= 11 is 0. The number of methoxy groups -OCH3 is 1. The fourth-order valence-corrected chi connectivity index (χ4v) is 3.05. The quantitative estimate of drug-likeness (QED) is 0.756. The summed E-state index contributed by atoms with van der Waals surface area (Å²) in [5, 5.41) is 2.86. The van der Waals surface area contributed by atoms with Crippen molar-refractivity contribution in [3.8, 4) is 17.2 Å². The Morgan fingerprint density at radius 1 is 1.11 bits per heavy atom. The van der Waals surface area contributed by atoms with Gasteiger partial charge in [0.2, 0.25) is 5.91 Å². The summed E-state index contributed by atoms with van der Waals surface area (Å²) in [7, 11) is 1.58. The number of nitrogens with zero attached hydrogens (tertiary/aromatic N) is 1. The van der Waals surface area contributed by atoms with E-state index in [-0.39, 0.29) is 30.9 Å². The highest BCUT2D eigenvalue weighted by Crippen LogP contribution is 2.25. The summed E-state index contributed by atoms with van der Waals surface area (Å²) < 4.78 is 16.1. The third-order valence-electron chi connectivity index (χ3n) is 4.36. The van der Waals surface area contributed by atoms with Crippen LogP contribution in [0.15, 0.2) is 48.5 Å². The highest BCUT2D eigenvalue weighted by molar-refractivity contribution is 5.97. The number of benzene rings is 2. The second-order valence-corrected chi connectivity index (χ2v) is 6.37. The zero-order chi connectivity index (χ0) is 19.9. The van der Waals surface area contributed by atoms with E-state index in [1.807, 2.05) is 25.1 Å². The summed E-state index contributed by atoms with van der Waals surface area (Å²) in [6, 6.07) is 14.1. The maximum Gasteiger partial charge on any atom is 0.258 e. The molecular weight excluding hydrogens is 360 g/mol. The first kappa shape index (κ1) is 19.5. The molecule has 2 amide bonds. The standard InChI is InChI=1S/C21H24N2O5/c1-3-27-17-7-9-18(10-8-17)28-14-20(24)22-15-11-21(25)23(13-15)16-5-4-6-19(12-16)26-2/h4-10,12,15H,3,11,13-14H2,1-2H3,(H,22,24)/t15-/m0/s1. The fourth-order valence-electron chi connectivity index (χ4n) is 3.05. The van der Waals surface area contributed by atoms with Crippen LogP contribution in [0.1, 0.15) is 13.3 Å². The van der Waals surface area contributed by atoms with Crippen LogP contribution < -0.4 is 24.4 Å². The second-order valence-electron chi connectivity index (χ2n) is 6.37. The number of anilines is 1. The molecule has 1 aliphatic rings. The van der Waals surface area contributed by atoms with Gasteiger partial charge in [-0.3, -0.25) is 9.59 Å². The summed E-state index contributed by atoms with van der Waals surface area (Å²) in [5.74, 6) is 1.72. The van der Waals surface area contributed by atoms with Gasteiger partial charge in [0.05, 0.1) is 19.8 Å². The van der Waals surface area contributed by atoms with E-state index < -0.39 is 0 Å². The molecule has 0 radical (unpaired) electrons. The molecule has 0 bridgehead atoms. The monoisotopic (exact) mass is 384 g/mol. The molecule has 1 saturated heterocycles. The number of hydrogen-bond acceptors (Lipinski definition) is 5. The number of ether oxygens (including phenoxy) is 3. The predicted octanol–water partition coefficient (Wildman–Crippen LogP) is 2.39. The molecule has 1 N–H and O–H groups in total. The van der Waals surface area contributed by atoms with Gasteiger partial charge in [-0.15, -0.1) is 0 Å². The SMILES string of the molecule is CCOc1ccc(OCC(=O)N[C@H]2CC(=O)N(c3cccc(OC)c3)C2)cc1. The van der Waals surface area contributed by atoms with Gasteiger partial charge < -0.3 is 24.4 Å². The minimum absolute atomic E-state index is 0.0361. The Balaban J connectivity index is 1.50. The maximum atomic E-state index is 12.3. The van der Waals surface area contributed by atoms with Crippen molar-refractivity contribution in [3.05, 3.63) is 48.5 Å². The minimum Gasteiger partial charge on any atom is -0.497 e. The molecule has 2 aromatic carbocycles. The van der Waals surface area contributed by atoms with Crippen molar-refractivity contribution in [2.75, 3.05) is 31.8 Å². The lowest BCUT2D eigenvalue weighted by Crippen LogP contribution is -2.39. The second kappa shape index (κ2) is 9.12. The lowest BCUT2D eigenvalue weighted by Gasteiger charge is -2.18. The van der Waals surface area contributed by atoms with E-state index in [4.69, 9.17) is 14.2 Å². The molecule has 0 aliphatic carbocycles. The van der Waals surface area contributed by atoms with Gasteiger partial charge in [-0.1, -0.05) is 6.07 Å². The van der Waals surface area contributed by atoms with Crippen molar-refractivity contribution >= 4 is 17.5 Å². The van der Waals surface area contributed by atoms with Crippen LogP contribution in [-0.4, -0.2) is 44.7 Å². The molecule has 0 spiro atoms. The van der Waals surface area contributed by atoms with Gasteiger partial charge in [0.15, 0.2) is 6.61 Å². The van der Waals surface area contributed by atoms with E-state index in [0.717, 1.165) is 11.4 Å². The van der Waals surface area contributed by atoms with Crippen LogP contribution in [0.4, 0.5) is 5.69 Å². The Bertz CT molecular complexity index is 822. The Hall–Kier alpha value is -3.22. The van der Waals surface area contributed by atoms with E-state index >= 15 is 0 Å². The van der Waals surface area contributed by atoms with Gasteiger partial charge in [-0.2, -0.15) is 0 Å². The molecule has 2 aromatic rings. The van der Waals surface area contributed by atoms with E-state index in [9.17, 15) is 9.59 Å². The van der Waals surface area contributed by atoms with Crippen molar-refractivity contribution in [1.29, 1.82) is 0 Å². The molecule has 7 heteroatoms. The number of carbonyl (C=O) groups excluding carboxylic acids is 2. The summed E-state index contributed by atoms with van der Waals surface area (Å²) in [6.07, 6.45) is 0.256. The largest absolute Gasteiger partial charge is 0.497 e. The van der Waals surface area contributed by atoms with Gasteiger partial charge in [-0.05, 0) is 43.3 Å². The minimum atomic E-state index is -0.265. The molecule has 0 aromatic heterocycles. The molecule has 1 fully saturated rings. The predicted molar refractivity (Wildman–Crippen MR) is 105 cm³/mol. The molecule has 1 aliphatic heterocycles. The van der Waals surface area contributed by atoms with Gasteiger partial charge in [0.25, 0.3) is 5.91 Å². The maximum absolute atomic E-state index is 12.3. The molecule has 0 saturated carbocycles. The normalized spacial score (nSPS) is 16.0. The molecule has 1 atom stereocenters. The van der Waals surface area contributed by atoms with Crippen LogP contribution in [-0.2, 0) is 9.59 Å². The van der Waals surface area contributed by atoms with Crippen LogP contribution >= 0.6 is 0 Å². The molecular formula is C21H24N2O5. The van der Waals surface area contributed by atoms with Crippen molar-refractivity contribution in [1.82, 2.24) is 5.32 Å². The molecule has 3 rings (SSSR count). The van der Waals surface area contributed by atoms with Crippen molar-refractivity contribution < 1.29 is 23.8 Å². The molecule has 148 valence electrons. The third-order valence-corrected chi connectivity index (χ3v) is 4.36. The van der Waals surface area contributed by atoms with Gasteiger partial charge in [-0.25, -0.2) is 0 Å². The number of rotatable bonds is 8. The first-order valence-corrected chi connectivity index (χ1v) is 9.18. The zero-order valence-electron chi connectivity index (χ0n) is 16.0. The Morgan fingerprint density at radius 2 is 1.82 bits per heavy atom. The summed E-state index contributed by atoms with van der Waals surface area (Å²) in [5.41, 5.74) is 0.756. The number of carbonyl (C=O) groups is 2. The lowest BCUT2D eigenvalue weighted by atomic mass is 10.2. The zero-order valence-corrected chi connectivity index (χ0v) is 16.0. The van der Waals surface area contributed by atoms with Crippen molar-refractivity contribution in [2.24, 2.45) is 0 Å². The molecule has 1 heterocycles. The topological polar surface area (TPSA) is 77.1 Å². The van der Waals surface area contributed by atoms with Crippen LogP contribution in [0.3, 0.4) is 0 Å². The summed E-state index contributed by atoms with van der Waals surface area (Å²) in [4.78, 5) is 26.2. The average molecular weight is 384 g/mol. The van der Waals surface area contributed by atoms with E-state index in [1.165, 1.54) is 0 Å². The van der Waals surface area contributed by atoms with Crippen LogP contribution in [0.5, 0.6) is 17.2 Å². The van der Waals surface area contributed by atoms with Crippen molar-refractivity contribution in [3.63, 3.8) is 0 Å². The van der Waals surface area contributed by atoms with E-state index in [1.54, 1.807) is 42.3 Å². The first-order valence-electron chi connectivity index (χ1n) is 9.18. The highest BCUT2D eigenvalue weighted by atomic mass is 16.5. The van der Waals surface area contributed by atoms with Gasteiger partial charge in [0, 0.05) is 24.7 Å². The number of nitrogens with one attached hydrogen (secondary N) is 1. The smallest absolute Gasteiger partial charge is 0.258 e. The van der Waals surface area contributed by atoms with Crippen molar-refractivity contribution in [2.45, 2.75) is 19.4 Å². The third kappa shape index (κ3) is 4.94. The number of hydrogen-bond donors (Lipinski definition) is 1. The van der Waals surface area contributed by atoms with Crippen LogP contribution in [0.25, 0.3) is 0 Å². The molecule has 0 unspecified atom stereocenters. The van der Waals surface area contributed by atoms with Gasteiger partial charge in [0.1, 0.15) is 17.2 Å². The van der Waals surface area contributed by atoms with E-state index in [0.29, 0.717) is 24.7 Å². The molecule has 7 nitrogen and oxygen atoms in total. The fraction of sp³-hybridized carbons (Fsp3) is 0.333. The Kier molecular flexibility index (Phi) is 6.37. The van der Waals surface area contributed by atoms with E-state index in [2.05, 4.69) is 5.32 Å². The first-order chi connectivity index (χ1) is 13.6. The number of amides is 2. The van der Waals surface area contributed by atoms with Crippen LogP contribution in [0, 0.1) is 0 Å². The average Bonchev–Trinajstić information content (AvgIpc) is 3.07. The Labute approximate surface area is 164 Å². The Morgan fingerprint density at radius 3 is 2.50 bits per heavy atom. The molecule has 28 heavy (non-hydrogen) atoms. The summed E-state index contributed by atoms with van der Waals surface area (Å²) in [6.45, 7) is 2.81. The highest BCUT2D eigenvalue weighted by Gasteiger charge is 2.31. The van der Waals surface area contributed by atoms with Crippen LogP contribution in [0.2, 0.25) is 0 Å². The van der Waals surface area contributed by atoms with Gasteiger partial charge >= 0.3 is 0 Å².